The van der Waals surface area contributed by atoms with Crippen molar-refractivity contribution in [1.29, 1.82) is 0 Å². The topological polar surface area (TPSA) is 49.4 Å². The molecule has 6 heteroatoms. The van der Waals surface area contributed by atoms with Gasteiger partial charge in [0.05, 0.1) is 12.1 Å². The maximum Gasteiger partial charge on any atom is 0.252 e. The Morgan fingerprint density at radius 1 is 1.19 bits per heavy atom. The van der Waals surface area contributed by atoms with Crippen molar-refractivity contribution in [3.63, 3.8) is 0 Å². The van der Waals surface area contributed by atoms with Gasteiger partial charge in [-0.25, -0.2) is 4.39 Å². The Morgan fingerprint density at radius 2 is 2.00 bits per heavy atom. The van der Waals surface area contributed by atoms with Crippen LogP contribution in [0.25, 0.3) is 0 Å². The molecule has 1 fully saturated rings. The number of nitrogens with one attached hydrogen (secondary N) is 1. The van der Waals surface area contributed by atoms with Gasteiger partial charge in [0.2, 0.25) is 5.91 Å². The minimum absolute atomic E-state index is 0.0243. The molecule has 0 aliphatic carbocycles. The van der Waals surface area contributed by atoms with E-state index >= 15 is 0 Å². The number of benzene rings is 2. The maximum absolute atomic E-state index is 13.4. The molecule has 1 saturated heterocycles. The Bertz CT molecular complexity index is 812. The minimum Gasteiger partial charge on any atom is -0.343 e. The van der Waals surface area contributed by atoms with E-state index in [9.17, 15) is 14.0 Å². The van der Waals surface area contributed by atoms with Gasteiger partial charge in [0, 0.05) is 16.2 Å². The van der Waals surface area contributed by atoms with Crippen molar-refractivity contribution in [2.45, 2.75) is 25.3 Å². The highest BCUT2D eigenvalue weighted by atomic mass is 127. The summed E-state index contributed by atoms with van der Waals surface area (Å²) in [5.41, 5.74) is 1.45. The molecule has 0 saturated carbocycles. The van der Waals surface area contributed by atoms with Gasteiger partial charge in [-0.3, -0.25) is 9.59 Å². The van der Waals surface area contributed by atoms with E-state index in [0.29, 0.717) is 18.5 Å². The number of likely N-dealkylation sites (tertiary alicyclic amines) is 1. The fourth-order valence-corrected chi connectivity index (χ4v) is 3.94. The molecular formula is C20H20FIN2O2. The molecule has 0 aromatic heterocycles. The van der Waals surface area contributed by atoms with Gasteiger partial charge in [-0.1, -0.05) is 24.3 Å². The monoisotopic (exact) mass is 466 g/mol. The van der Waals surface area contributed by atoms with E-state index < -0.39 is 0 Å². The van der Waals surface area contributed by atoms with Gasteiger partial charge >= 0.3 is 0 Å². The van der Waals surface area contributed by atoms with E-state index in [1.54, 1.807) is 23.1 Å². The third kappa shape index (κ3) is 4.60. The molecule has 1 unspecified atom stereocenters. The number of hydrogen-bond donors (Lipinski definition) is 1. The smallest absolute Gasteiger partial charge is 0.252 e. The predicted octanol–water partition coefficient (Wildman–Crippen LogP) is 3.39. The molecule has 2 aromatic rings. The minimum atomic E-state index is -0.261. The summed E-state index contributed by atoms with van der Waals surface area (Å²) in [4.78, 5) is 26.6. The zero-order chi connectivity index (χ0) is 18.5. The zero-order valence-electron chi connectivity index (χ0n) is 14.3. The molecule has 1 N–H and O–H groups in total. The third-order valence-electron chi connectivity index (χ3n) is 4.58. The maximum atomic E-state index is 13.4. The second-order valence-corrected chi connectivity index (χ2v) is 7.54. The van der Waals surface area contributed by atoms with Crippen LogP contribution in [0.1, 0.15) is 28.8 Å². The number of carbonyl (C=O) groups is 2. The molecule has 136 valence electrons. The fraction of sp³-hybridized carbons (Fsp3) is 0.300. The van der Waals surface area contributed by atoms with Gasteiger partial charge in [-0.2, -0.15) is 0 Å². The molecule has 0 radical (unpaired) electrons. The van der Waals surface area contributed by atoms with Gasteiger partial charge in [0.15, 0.2) is 0 Å². The second-order valence-electron chi connectivity index (χ2n) is 6.38. The van der Waals surface area contributed by atoms with E-state index in [0.717, 1.165) is 22.0 Å². The summed E-state index contributed by atoms with van der Waals surface area (Å²) < 4.78 is 14.2. The first-order valence-electron chi connectivity index (χ1n) is 8.61. The Morgan fingerprint density at radius 3 is 2.77 bits per heavy atom. The molecule has 0 spiro atoms. The van der Waals surface area contributed by atoms with Crippen LogP contribution in [0, 0.1) is 9.39 Å². The number of halogens is 2. The van der Waals surface area contributed by atoms with Gasteiger partial charge in [-0.15, -0.1) is 0 Å². The molecule has 1 atom stereocenters. The highest BCUT2D eigenvalue weighted by Crippen LogP contribution is 2.21. The Hall–Kier alpha value is -1.96. The first kappa shape index (κ1) is 18.8. The van der Waals surface area contributed by atoms with Gasteiger partial charge < -0.3 is 10.2 Å². The van der Waals surface area contributed by atoms with Crippen LogP contribution in [0.2, 0.25) is 0 Å². The lowest BCUT2D eigenvalue weighted by Gasteiger charge is -2.25. The lowest BCUT2D eigenvalue weighted by atomic mass is 10.0. The number of rotatable bonds is 5. The van der Waals surface area contributed by atoms with Gasteiger partial charge in [-0.05, 0) is 71.7 Å². The Labute approximate surface area is 165 Å². The lowest BCUT2D eigenvalue weighted by Crippen LogP contribution is -2.43. The van der Waals surface area contributed by atoms with Crippen molar-refractivity contribution in [2.24, 2.45) is 0 Å². The second kappa shape index (κ2) is 8.62. The summed E-state index contributed by atoms with van der Waals surface area (Å²) >= 11 is 2.10. The van der Waals surface area contributed by atoms with E-state index in [2.05, 4.69) is 27.9 Å². The van der Waals surface area contributed by atoms with Crippen molar-refractivity contribution < 1.29 is 14.0 Å². The van der Waals surface area contributed by atoms with Crippen LogP contribution >= 0.6 is 22.6 Å². The quantitative estimate of drug-likeness (QED) is 0.688. The molecule has 2 aromatic carbocycles. The largest absolute Gasteiger partial charge is 0.343 e. The van der Waals surface area contributed by atoms with Crippen molar-refractivity contribution in [2.75, 3.05) is 13.1 Å². The highest BCUT2D eigenvalue weighted by molar-refractivity contribution is 14.1. The average molecular weight is 466 g/mol. The Balaban J connectivity index is 1.58. The first-order chi connectivity index (χ1) is 12.5. The normalized spacial score (nSPS) is 16.5. The van der Waals surface area contributed by atoms with Crippen LogP contribution < -0.4 is 5.32 Å². The van der Waals surface area contributed by atoms with Crippen LogP contribution in [0.15, 0.2) is 48.5 Å². The van der Waals surface area contributed by atoms with Crippen molar-refractivity contribution in [3.8, 4) is 0 Å². The summed E-state index contributed by atoms with van der Waals surface area (Å²) in [5.74, 6) is -0.601. The molecule has 1 heterocycles. The standard InChI is InChI=1S/C20H20FIN2O2/c21-15-6-3-5-14(11-15)12-16-7-4-10-24(16)19(25)13-23-20(26)17-8-1-2-9-18(17)22/h1-3,5-6,8-9,11,16H,4,7,10,12-13H2,(H,23,26). The van der Waals surface area contributed by atoms with E-state index in [-0.39, 0.29) is 30.2 Å². The summed E-state index contributed by atoms with van der Waals surface area (Å²) in [5, 5.41) is 2.72. The molecule has 3 rings (SSSR count). The van der Waals surface area contributed by atoms with Crippen LogP contribution in [0.5, 0.6) is 0 Å². The number of nitrogens with zero attached hydrogens (tertiary/aromatic N) is 1. The first-order valence-corrected chi connectivity index (χ1v) is 9.69. The Kier molecular flexibility index (Phi) is 6.24. The fourth-order valence-electron chi connectivity index (χ4n) is 3.31. The van der Waals surface area contributed by atoms with Gasteiger partial charge in [0.25, 0.3) is 5.91 Å². The van der Waals surface area contributed by atoms with Gasteiger partial charge in [0.1, 0.15) is 5.82 Å². The number of carbonyl (C=O) groups excluding carboxylic acids is 2. The summed E-state index contributed by atoms with van der Waals surface area (Å²) in [7, 11) is 0. The summed E-state index contributed by atoms with van der Waals surface area (Å²) in [6, 6.07) is 13.8. The molecule has 4 nitrogen and oxygen atoms in total. The molecule has 26 heavy (non-hydrogen) atoms. The molecule has 1 aliphatic rings. The highest BCUT2D eigenvalue weighted by Gasteiger charge is 2.29. The van der Waals surface area contributed by atoms with Crippen molar-refractivity contribution in [3.05, 3.63) is 69.0 Å². The molecule has 2 amide bonds. The van der Waals surface area contributed by atoms with Crippen LogP contribution in [-0.4, -0.2) is 35.8 Å². The SMILES string of the molecule is O=C(NCC(=O)N1CCCC1Cc1cccc(F)c1)c1ccccc1I. The van der Waals surface area contributed by atoms with Crippen molar-refractivity contribution in [1.82, 2.24) is 10.2 Å². The summed E-state index contributed by atoms with van der Waals surface area (Å²) in [6.45, 7) is 0.654. The average Bonchev–Trinajstić information content (AvgIpc) is 3.08. The van der Waals surface area contributed by atoms with Crippen LogP contribution in [-0.2, 0) is 11.2 Å². The predicted molar refractivity (Wildman–Crippen MR) is 106 cm³/mol. The van der Waals surface area contributed by atoms with E-state index in [4.69, 9.17) is 0 Å². The molecule has 0 bridgehead atoms. The number of amides is 2. The zero-order valence-corrected chi connectivity index (χ0v) is 16.4. The van der Waals surface area contributed by atoms with E-state index in [1.165, 1.54) is 12.1 Å². The lowest BCUT2D eigenvalue weighted by molar-refractivity contribution is -0.130. The molecular weight excluding hydrogens is 446 g/mol. The van der Waals surface area contributed by atoms with E-state index in [1.807, 2.05) is 18.2 Å². The van der Waals surface area contributed by atoms with Crippen LogP contribution in [0.3, 0.4) is 0 Å². The van der Waals surface area contributed by atoms with Crippen molar-refractivity contribution >= 4 is 34.4 Å². The molecule has 1 aliphatic heterocycles. The van der Waals surface area contributed by atoms with Crippen LogP contribution in [0.4, 0.5) is 4.39 Å². The third-order valence-corrected chi connectivity index (χ3v) is 5.52. The number of hydrogen-bond acceptors (Lipinski definition) is 2. The summed E-state index contributed by atoms with van der Waals surface area (Å²) in [6.07, 6.45) is 2.46.